The van der Waals surface area contributed by atoms with Crippen molar-refractivity contribution in [2.45, 2.75) is 13.8 Å². The van der Waals surface area contributed by atoms with Crippen LogP contribution in [-0.2, 0) is 4.79 Å². The lowest BCUT2D eigenvalue weighted by atomic mass is 10.2. The van der Waals surface area contributed by atoms with E-state index in [1.54, 1.807) is 0 Å². The van der Waals surface area contributed by atoms with Gasteiger partial charge in [-0.25, -0.2) is 5.43 Å². The summed E-state index contributed by atoms with van der Waals surface area (Å²) in [6.45, 7) is 4.96. The summed E-state index contributed by atoms with van der Waals surface area (Å²) in [5.41, 5.74) is 5.07. The van der Waals surface area contributed by atoms with Gasteiger partial charge < -0.3 is 0 Å². The molecule has 3 nitrogen and oxygen atoms in total. The van der Waals surface area contributed by atoms with Crippen molar-refractivity contribution in [2.24, 2.45) is 5.92 Å². The highest BCUT2D eigenvalue weighted by Gasteiger charge is 1.87. The van der Waals surface area contributed by atoms with E-state index in [2.05, 4.69) is 24.7 Å². The van der Waals surface area contributed by atoms with Crippen LogP contribution in [0.3, 0.4) is 0 Å². The van der Waals surface area contributed by atoms with Crippen LogP contribution in [0.15, 0.2) is 0 Å². The van der Waals surface area contributed by atoms with Gasteiger partial charge in [0.25, 0.3) is 0 Å². The topological polar surface area (TPSA) is 41.1 Å². The van der Waals surface area contributed by atoms with Crippen LogP contribution < -0.4 is 10.9 Å². The number of rotatable bonds is 4. The highest BCUT2D eigenvalue weighted by Crippen LogP contribution is 1.83. The largest absolute Gasteiger partial charge is 0.294 e. The van der Waals surface area contributed by atoms with Gasteiger partial charge in [0.05, 0.1) is 0 Å². The molecule has 0 aromatic rings. The standard InChI is InChI=1S/C5H12N2O/c1-5(2)3-6-7-4-8/h4-6H,3H2,1-2H3,(H,7,8). The molecule has 2 N–H and O–H groups in total. The molecule has 0 spiro atoms. The maximum atomic E-state index is 9.61. The van der Waals surface area contributed by atoms with Gasteiger partial charge in [-0.2, -0.15) is 0 Å². The highest BCUT2D eigenvalue weighted by atomic mass is 16.1. The summed E-state index contributed by atoms with van der Waals surface area (Å²) >= 11 is 0. The Labute approximate surface area is 49.4 Å². The Hall–Kier alpha value is -0.570. The number of amides is 1. The van der Waals surface area contributed by atoms with Crippen molar-refractivity contribution in [1.82, 2.24) is 10.9 Å². The molecule has 0 radical (unpaired) electrons. The molecule has 0 fully saturated rings. The van der Waals surface area contributed by atoms with E-state index in [0.717, 1.165) is 6.54 Å². The summed E-state index contributed by atoms with van der Waals surface area (Å²) < 4.78 is 0. The Bertz CT molecular complexity index is 63.4. The Morgan fingerprint density at radius 1 is 1.62 bits per heavy atom. The number of carbonyl (C=O) groups excluding carboxylic acids is 1. The molecular formula is C5H12N2O. The molecule has 0 aliphatic carbocycles. The summed E-state index contributed by atoms with van der Waals surface area (Å²) in [5, 5.41) is 0. The number of hydrogen-bond donors (Lipinski definition) is 2. The molecule has 0 aromatic heterocycles. The summed E-state index contributed by atoms with van der Waals surface area (Å²) in [7, 11) is 0. The van der Waals surface area contributed by atoms with Crippen molar-refractivity contribution in [3.63, 3.8) is 0 Å². The van der Waals surface area contributed by atoms with Gasteiger partial charge in [-0.3, -0.25) is 10.2 Å². The van der Waals surface area contributed by atoms with E-state index in [0.29, 0.717) is 12.3 Å². The van der Waals surface area contributed by atoms with Gasteiger partial charge in [-0.05, 0) is 5.92 Å². The fourth-order valence-electron chi connectivity index (χ4n) is 0.305. The summed E-state index contributed by atoms with van der Waals surface area (Å²) in [4.78, 5) is 9.61. The van der Waals surface area contributed by atoms with Crippen molar-refractivity contribution >= 4 is 6.41 Å². The predicted molar refractivity (Wildman–Crippen MR) is 32.0 cm³/mol. The van der Waals surface area contributed by atoms with E-state index >= 15 is 0 Å². The van der Waals surface area contributed by atoms with Crippen LogP contribution in [0.4, 0.5) is 0 Å². The number of nitrogens with one attached hydrogen (secondary N) is 2. The van der Waals surface area contributed by atoms with E-state index in [4.69, 9.17) is 0 Å². The van der Waals surface area contributed by atoms with Crippen LogP contribution in [0.5, 0.6) is 0 Å². The average molecular weight is 116 g/mol. The lowest BCUT2D eigenvalue weighted by Gasteiger charge is -2.03. The quantitative estimate of drug-likeness (QED) is 0.306. The van der Waals surface area contributed by atoms with E-state index in [9.17, 15) is 4.79 Å². The molecule has 0 heterocycles. The summed E-state index contributed by atoms with van der Waals surface area (Å²) in [6.07, 6.45) is 0.627. The fourth-order valence-corrected chi connectivity index (χ4v) is 0.305. The van der Waals surface area contributed by atoms with Crippen LogP contribution in [0.25, 0.3) is 0 Å². The molecule has 0 aliphatic rings. The van der Waals surface area contributed by atoms with Crippen LogP contribution >= 0.6 is 0 Å². The molecule has 1 amide bonds. The third-order valence-corrected chi connectivity index (χ3v) is 0.671. The molecule has 8 heavy (non-hydrogen) atoms. The lowest BCUT2D eigenvalue weighted by molar-refractivity contribution is -0.110. The molecule has 0 aromatic carbocycles. The Kier molecular flexibility index (Phi) is 4.26. The minimum absolute atomic E-state index is 0.572. The second kappa shape index (κ2) is 4.59. The molecule has 0 aliphatic heterocycles. The van der Waals surface area contributed by atoms with Crippen LogP contribution in [0.2, 0.25) is 0 Å². The summed E-state index contributed by atoms with van der Waals surface area (Å²) in [5.74, 6) is 0.572. The Balaban J connectivity index is 2.81. The van der Waals surface area contributed by atoms with Gasteiger partial charge in [-0.1, -0.05) is 13.8 Å². The first-order valence-corrected chi connectivity index (χ1v) is 2.69. The fraction of sp³-hybridized carbons (Fsp3) is 0.800. The second-order valence-corrected chi connectivity index (χ2v) is 2.04. The lowest BCUT2D eigenvalue weighted by Crippen LogP contribution is -2.33. The van der Waals surface area contributed by atoms with Gasteiger partial charge in [0.1, 0.15) is 0 Å². The zero-order valence-corrected chi connectivity index (χ0v) is 5.27. The third kappa shape index (κ3) is 5.43. The number of carbonyl (C=O) groups is 1. The molecule has 0 bridgehead atoms. The SMILES string of the molecule is CC(C)CNNC=O. The first-order chi connectivity index (χ1) is 3.77. The Morgan fingerprint density at radius 2 is 2.25 bits per heavy atom. The van der Waals surface area contributed by atoms with E-state index in [-0.39, 0.29) is 0 Å². The van der Waals surface area contributed by atoms with Gasteiger partial charge in [0, 0.05) is 6.54 Å². The van der Waals surface area contributed by atoms with Gasteiger partial charge in [0.2, 0.25) is 6.41 Å². The normalized spacial score (nSPS) is 9.38. The summed E-state index contributed by atoms with van der Waals surface area (Å²) in [6, 6.07) is 0. The van der Waals surface area contributed by atoms with Crippen LogP contribution in [0.1, 0.15) is 13.8 Å². The maximum absolute atomic E-state index is 9.61. The molecule has 0 unspecified atom stereocenters. The first-order valence-electron chi connectivity index (χ1n) is 2.69. The molecule has 0 rings (SSSR count). The number of hydrogen-bond acceptors (Lipinski definition) is 2. The average Bonchev–Trinajstić information content (AvgIpc) is 1.66. The van der Waals surface area contributed by atoms with Crippen LogP contribution in [-0.4, -0.2) is 13.0 Å². The van der Waals surface area contributed by atoms with Gasteiger partial charge in [0.15, 0.2) is 0 Å². The van der Waals surface area contributed by atoms with E-state index < -0.39 is 0 Å². The van der Waals surface area contributed by atoms with Crippen molar-refractivity contribution in [2.75, 3.05) is 6.54 Å². The van der Waals surface area contributed by atoms with Crippen molar-refractivity contribution in [1.29, 1.82) is 0 Å². The minimum atomic E-state index is 0.572. The third-order valence-electron chi connectivity index (χ3n) is 0.671. The van der Waals surface area contributed by atoms with E-state index in [1.165, 1.54) is 0 Å². The number of hydrazine groups is 1. The highest BCUT2D eigenvalue weighted by molar-refractivity contribution is 5.44. The van der Waals surface area contributed by atoms with Crippen molar-refractivity contribution in [3.8, 4) is 0 Å². The monoisotopic (exact) mass is 116 g/mol. The van der Waals surface area contributed by atoms with Gasteiger partial charge in [-0.15, -0.1) is 0 Å². The van der Waals surface area contributed by atoms with Gasteiger partial charge >= 0.3 is 0 Å². The second-order valence-electron chi connectivity index (χ2n) is 2.04. The van der Waals surface area contributed by atoms with Crippen LogP contribution in [0, 0.1) is 5.92 Å². The molecule has 0 atom stereocenters. The molecule has 0 saturated carbocycles. The van der Waals surface area contributed by atoms with Crippen molar-refractivity contribution < 1.29 is 4.79 Å². The zero-order valence-electron chi connectivity index (χ0n) is 5.27. The maximum Gasteiger partial charge on any atom is 0.221 e. The first kappa shape index (κ1) is 7.43. The Morgan fingerprint density at radius 3 is 2.62 bits per heavy atom. The molecule has 3 heteroatoms. The molecule has 0 saturated heterocycles. The minimum Gasteiger partial charge on any atom is -0.294 e. The van der Waals surface area contributed by atoms with Crippen molar-refractivity contribution in [3.05, 3.63) is 0 Å². The van der Waals surface area contributed by atoms with E-state index in [1.807, 2.05) is 0 Å². The predicted octanol–water partition coefficient (Wildman–Crippen LogP) is -0.107. The molecule has 48 valence electrons. The smallest absolute Gasteiger partial charge is 0.221 e. The zero-order chi connectivity index (χ0) is 6.41. The molecular weight excluding hydrogens is 104 g/mol.